The first-order valence-corrected chi connectivity index (χ1v) is 17.0. The van der Waals surface area contributed by atoms with Crippen LogP contribution < -0.4 is 10.9 Å². The average Bonchev–Trinajstić information content (AvgIpc) is 3.05. The number of hydrogen-bond acceptors (Lipinski definition) is 9. The molecule has 7 atom stereocenters. The molecule has 1 N–H and O–H groups in total. The zero-order valence-corrected chi connectivity index (χ0v) is 30.7. The summed E-state index contributed by atoms with van der Waals surface area (Å²) in [6, 6.07) is 0. The molecule has 0 aliphatic rings. The third-order valence-corrected chi connectivity index (χ3v) is 9.45. The van der Waals surface area contributed by atoms with Gasteiger partial charge in [-0.1, -0.05) is 61.5 Å². The molecular weight excluding hydrogens is 600 g/mol. The van der Waals surface area contributed by atoms with E-state index in [1.165, 1.54) is 0 Å². The molecular formula is C38H56O9. The molecule has 0 aromatic carbocycles. The van der Waals surface area contributed by atoms with E-state index in [9.17, 15) is 24.3 Å². The summed E-state index contributed by atoms with van der Waals surface area (Å²) in [5, 5.41) is 10.6. The molecule has 0 saturated carbocycles. The van der Waals surface area contributed by atoms with Gasteiger partial charge in [0.2, 0.25) is 0 Å². The minimum atomic E-state index is -0.856. The molecule has 0 saturated heterocycles. The minimum Gasteiger partial charge on any atom is -0.465 e. The Balaban J connectivity index is 2.73. The SMILES string of the molecule is CCC(=O)O[C@@H]([C@H](C)[C@@H](OC(=O)CC)C(C)=C[C@H](C)c1oc(CC)c(C)c(=O)c1C)[C@H](C)c1oc([C@H](C)[C@H](O)CC)c(C)c(=O)c1C. The van der Waals surface area contributed by atoms with Gasteiger partial charge in [-0.25, -0.2) is 0 Å². The molecule has 2 heterocycles. The Labute approximate surface area is 279 Å². The highest BCUT2D eigenvalue weighted by atomic mass is 16.6. The van der Waals surface area contributed by atoms with Crippen molar-refractivity contribution < 1.29 is 33.0 Å². The van der Waals surface area contributed by atoms with E-state index in [4.69, 9.17) is 18.3 Å². The Kier molecular flexibility index (Phi) is 14.4. The number of aliphatic hydroxyl groups excluding tert-OH is 1. The maximum Gasteiger partial charge on any atom is 0.306 e. The van der Waals surface area contributed by atoms with E-state index in [-0.39, 0.29) is 29.6 Å². The second-order valence-corrected chi connectivity index (χ2v) is 12.9. The third-order valence-electron chi connectivity index (χ3n) is 9.45. The molecule has 2 aromatic heterocycles. The van der Waals surface area contributed by atoms with Crippen LogP contribution in [-0.2, 0) is 25.5 Å². The Morgan fingerprint density at radius 1 is 0.745 bits per heavy atom. The Morgan fingerprint density at radius 3 is 1.74 bits per heavy atom. The minimum absolute atomic E-state index is 0.0567. The van der Waals surface area contributed by atoms with Gasteiger partial charge >= 0.3 is 11.9 Å². The summed E-state index contributed by atoms with van der Waals surface area (Å²) in [5.41, 5.74) is 2.38. The molecule has 0 aliphatic carbocycles. The number of carbonyl (C=O) groups excluding carboxylic acids is 2. The molecule has 0 amide bonds. The highest BCUT2D eigenvalue weighted by Gasteiger charge is 2.39. The van der Waals surface area contributed by atoms with E-state index in [2.05, 4.69) is 0 Å². The fourth-order valence-electron chi connectivity index (χ4n) is 6.38. The number of esters is 2. The van der Waals surface area contributed by atoms with Crippen LogP contribution in [0, 0.1) is 33.6 Å². The van der Waals surface area contributed by atoms with Crippen LogP contribution in [0.1, 0.15) is 145 Å². The van der Waals surface area contributed by atoms with Crippen LogP contribution in [0.25, 0.3) is 0 Å². The van der Waals surface area contributed by atoms with Gasteiger partial charge in [-0.2, -0.15) is 0 Å². The first-order valence-electron chi connectivity index (χ1n) is 17.0. The second-order valence-electron chi connectivity index (χ2n) is 12.9. The molecule has 262 valence electrons. The number of ether oxygens (including phenoxy) is 2. The van der Waals surface area contributed by atoms with Gasteiger partial charge in [0, 0.05) is 59.3 Å². The number of hydrogen-bond donors (Lipinski definition) is 1. The van der Waals surface area contributed by atoms with Crippen LogP contribution in [0.4, 0.5) is 0 Å². The highest BCUT2D eigenvalue weighted by molar-refractivity contribution is 5.70. The lowest BCUT2D eigenvalue weighted by atomic mass is 9.82. The van der Waals surface area contributed by atoms with Crippen molar-refractivity contribution in [1.82, 2.24) is 0 Å². The number of carbonyl (C=O) groups is 2. The smallest absolute Gasteiger partial charge is 0.306 e. The molecule has 0 radical (unpaired) electrons. The molecule has 9 heteroatoms. The van der Waals surface area contributed by atoms with Crippen LogP contribution in [0.5, 0.6) is 0 Å². The quantitative estimate of drug-likeness (QED) is 0.154. The van der Waals surface area contributed by atoms with E-state index in [0.29, 0.717) is 63.7 Å². The predicted octanol–water partition coefficient (Wildman–Crippen LogP) is 7.40. The average molecular weight is 657 g/mol. The van der Waals surface area contributed by atoms with Gasteiger partial charge in [0.1, 0.15) is 35.2 Å². The summed E-state index contributed by atoms with van der Waals surface area (Å²) in [6.07, 6.45) is 0.847. The van der Waals surface area contributed by atoms with Crippen molar-refractivity contribution in [1.29, 1.82) is 0 Å². The molecule has 47 heavy (non-hydrogen) atoms. The van der Waals surface area contributed by atoms with Crippen molar-refractivity contribution in [3.05, 3.63) is 77.4 Å². The van der Waals surface area contributed by atoms with Gasteiger partial charge in [-0.05, 0) is 46.6 Å². The van der Waals surface area contributed by atoms with Crippen LogP contribution in [0.3, 0.4) is 0 Å². The van der Waals surface area contributed by atoms with Crippen molar-refractivity contribution in [3.63, 3.8) is 0 Å². The van der Waals surface area contributed by atoms with Gasteiger partial charge in [0.05, 0.1) is 12.0 Å². The van der Waals surface area contributed by atoms with E-state index >= 15 is 0 Å². The largest absolute Gasteiger partial charge is 0.465 e. The normalized spacial score (nSPS) is 16.5. The summed E-state index contributed by atoms with van der Waals surface area (Å²) in [4.78, 5) is 52.1. The predicted molar refractivity (Wildman–Crippen MR) is 183 cm³/mol. The second kappa shape index (κ2) is 17.1. The van der Waals surface area contributed by atoms with Crippen LogP contribution in [0.15, 0.2) is 30.1 Å². The summed E-state index contributed by atoms with van der Waals surface area (Å²) >= 11 is 0. The molecule has 2 aromatic rings. The molecule has 9 nitrogen and oxygen atoms in total. The maximum absolute atomic E-state index is 13.4. The lowest BCUT2D eigenvalue weighted by molar-refractivity contribution is -0.160. The van der Waals surface area contributed by atoms with E-state index in [0.717, 1.165) is 0 Å². The van der Waals surface area contributed by atoms with Gasteiger partial charge in [0.25, 0.3) is 0 Å². The monoisotopic (exact) mass is 656 g/mol. The van der Waals surface area contributed by atoms with Gasteiger partial charge in [-0.15, -0.1) is 0 Å². The van der Waals surface area contributed by atoms with Gasteiger partial charge in [0.15, 0.2) is 10.9 Å². The van der Waals surface area contributed by atoms with Crippen LogP contribution >= 0.6 is 0 Å². The van der Waals surface area contributed by atoms with Crippen LogP contribution in [0.2, 0.25) is 0 Å². The summed E-state index contributed by atoms with van der Waals surface area (Å²) < 4.78 is 24.7. The standard InChI is InChI=1S/C38H56O9/c1-14-28(39)21(7)36-24(10)33(43)25(11)37(47-36)27(13)38(46-31(41)17-4)26(12)35(45-30(40)16-3)20(6)18-19(5)34-23(9)32(42)22(8)29(15-2)44-34/h18-19,21,26-28,35,38-39H,14-17H2,1-13H3/t19-,21+,26+,27+,28+,35-,38-/m0/s1. The maximum atomic E-state index is 13.4. The number of aliphatic hydroxyl groups is 1. The summed E-state index contributed by atoms with van der Waals surface area (Å²) in [5.74, 6) is -0.912. The van der Waals surface area contributed by atoms with E-state index in [1.807, 2.05) is 54.5 Å². The van der Waals surface area contributed by atoms with Crippen molar-refractivity contribution in [2.24, 2.45) is 5.92 Å². The molecule has 0 aliphatic heterocycles. The van der Waals surface area contributed by atoms with Gasteiger partial charge in [-0.3, -0.25) is 19.2 Å². The molecule has 2 rings (SSSR count). The van der Waals surface area contributed by atoms with Crippen molar-refractivity contribution in [3.8, 4) is 0 Å². The third kappa shape index (κ3) is 8.92. The molecule has 0 fully saturated rings. The molecule has 0 unspecified atom stereocenters. The lowest BCUT2D eigenvalue weighted by Gasteiger charge is -2.35. The zero-order chi connectivity index (χ0) is 35.9. The van der Waals surface area contributed by atoms with Crippen molar-refractivity contribution >= 4 is 11.9 Å². The Hall–Kier alpha value is -3.46. The topological polar surface area (TPSA) is 133 Å². The summed E-state index contributed by atoms with van der Waals surface area (Å²) in [6.45, 7) is 23.3. The zero-order valence-electron chi connectivity index (χ0n) is 30.7. The lowest BCUT2D eigenvalue weighted by Crippen LogP contribution is -2.40. The number of allylic oxidation sites excluding steroid dienone is 1. The van der Waals surface area contributed by atoms with Crippen molar-refractivity contribution in [2.45, 2.75) is 152 Å². The fraction of sp³-hybridized carbons (Fsp3) is 0.632. The first-order chi connectivity index (χ1) is 22.0. The van der Waals surface area contributed by atoms with Crippen molar-refractivity contribution in [2.75, 3.05) is 0 Å². The van der Waals surface area contributed by atoms with Gasteiger partial charge < -0.3 is 23.4 Å². The molecule has 0 bridgehead atoms. The highest BCUT2D eigenvalue weighted by Crippen LogP contribution is 2.36. The number of rotatable bonds is 15. The van der Waals surface area contributed by atoms with Crippen LogP contribution in [-0.4, -0.2) is 35.4 Å². The number of aryl methyl sites for hydroxylation is 1. The Bertz CT molecular complexity index is 1560. The van der Waals surface area contributed by atoms with E-state index < -0.39 is 48.0 Å². The first kappa shape index (κ1) is 39.7. The molecule has 0 spiro atoms. The van der Waals surface area contributed by atoms with E-state index in [1.54, 1.807) is 41.5 Å². The fourth-order valence-corrected chi connectivity index (χ4v) is 6.38. The summed E-state index contributed by atoms with van der Waals surface area (Å²) in [7, 11) is 0. The Morgan fingerprint density at radius 2 is 1.23 bits per heavy atom.